The van der Waals surface area contributed by atoms with Crippen LogP contribution < -0.4 is 16.0 Å². The van der Waals surface area contributed by atoms with E-state index >= 15 is 0 Å². The van der Waals surface area contributed by atoms with Crippen LogP contribution in [0.4, 0.5) is 0 Å². The number of likely N-dealkylation sites (tertiary alicyclic amines) is 1. The topological polar surface area (TPSA) is 117 Å². The van der Waals surface area contributed by atoms with Gasteiger partial charge in [0.05, 0.1) is 23.9 Å². The Hall–Kier alpha value is -9.70. The normalized spacial score (nSPS) is 20.8. The number of hydrogen-bond acceptors (Lipinski definition) is 6. The van der Waals surface area contributed by atoms with Crippen LogP contribution in [-0.2, 0) is 34.7 Å². The van der Waals surface area contributed by atoms with Crippen LogP contribution in [0.15, 0.2) is 0 Å². The van der Waals surface area contributed by atoms with E-state index in [-0.39, 0.29) is 42.8 Å². The van der Waals surface area contributed by atoms with E-state index in [2.05, 4.69) is 20.9 Å². The van der Waals surface area contributed by atoms with E-state index in [1.165, 1.54) is 0 Å². The number of nitrogens with one attached hydrogen (secondary N) is 3. The summed E-state index contributed by atoms with van der Waals surface area (Å²) in [6, 6.07) is 0. The molecule has 4 aliphatic carbocycles. The molecule has 0 saturated carbocycles. The fraction of sp³-hybridized carbons (Fsp3) is 0.184. The van der Waals surface area contributed by atoms with Crippen molar-refractivity contribution in [3.63, 3.8) is 0 Å². The minimum atomic E-state index is -0.670. The number of amides is 3. The van der Waals surface area contributed by atoms with Crippen LogP contribution in [0.5, 0.6) is 0 Å². The third-order valence-corrected chi connectivity index (χ3v) is 27.2. The van der Waals surface area contributed by atoms with Gasteiger partial charge in [0, 0.05) is 19.5 Å². The van der Waals surface area contributed by atoms with Gasteiger partial charge in [0.25, 0.3) is 0 Å². The molecule has 1 aliphatic heterocycles. The first-order valence-corrected chi connectivity index (χ1v) is 31.1. The third kappa shape index (κ3) is 2.44. The number of ether oxygens (including phenoxy) is 1. The summed E-state index contributed by atoms with van der Waals surface area (Å²) in [6.07, 6.45) is 0.947. The summed E-state index contributed by atoms with van der Waals surface area (Å²) in [6.45, 7) is 7.06. The molecule has 0 atom stereocenters. The molecule has 28 aromatic carbocycles. The van der Waals surface area contributed by atoms with Gasteiger partial charge in [-0.15, -0.1) is 0 Å². The van der Waals surface area contributed by atoms with E-state index in [1.807, 2.05) is 0 Å². The SMILES string of the molecule is CC(C)(C)OC(=O)CNC(=O)CNC(=O)CNC(=O)CCCN1CC23c4c5c6c7c8c9c(c%10c%11c2c2c4c4c%12c5c5c6c6c8c8c%13c9c9c%10c%10c%11c%11c2c2c4c4c%12c%12c5c5c6c8c6c8c%13c9c9c%10c%10c%11c2c2c4c4c%12c5c6c5c8c9c%10c2c45)C73C1. The minimum Gasteiger partial charge on any atom is -0.459 e. The monoisotopic (exact) mass is 1080 g/mol. The Bertz CT molecular complexity index is 7220. The first-order chi connectivity index (χ1) is 41.6. The van der Waals surface area contributed by atoms with Crippen LogP contribution in [0, 0.1) is 0 Å². The third-order valence-electron chi connectivity index (χ3n) is 27.2. The molecule has 33 rings (SSSR count). The Kier molecular flexibility index (Phi) is 3.94. The Morgan fingerprint density at radius 2 is 0.518 bits per heavy atom. The van der Waals surface area contributed by atoms with Crippen LogP contribution in [0.1, 0.15) is 55.9 Å². The lowest BCUT2D eigenvalue weighted by atomic mass is 9.50. The molecule has 28 aromatic rings. The smallest absolute Gasteiger partial charge is 0.325 e. The molecule has 0 radical (unpaired) electrons. The van der Waals surface area contributed by atoms with Crippen molar-refractivity contribution in [1.82, 2.24) is 20.9 Å². The van der Waals surface area contributed by atoms with E-state index < -0.39 is 23.4 Å². The molecule has 0 unspecified atom stereocenters. The summed E-state index contributed by atoms with van der Waals surface area (Å²) in [5, 5.41) is 94.7. The van der Waals surface area contributed by atoms with Gasteiger partial charge in [-0.2, -0.15) is 0 Å². The zero-order valence-electron chi connectivity index (χ0n) is 45.1. The largest absolute Gasteiger partial charge is 0.459 e. The van der Waals surface area contributed by atoms with Crippen LogP contribution in [0.2, 0.25) is 0 Å². The summed E-state index contributed by atoms with van der Waals surface area (Å²) in [5.41, 5.74) is 5.32. The molecule has 1 saturated heterocycles. The summed E-state index contributed by atoms with van der Waals surface area (Å²) in [5.74, 6) is -1.68. The van der Waals surface area contributed by atoms with Crippen LogP contribution >= 0.6 is 0 Å². The maximum atomic E-state index is 13.9. The van der Waals surface area contributed by atoms with Gasteiger partial charge in [0.2, 0.25) is 17.7 Å². The second kappa shape index (κ2) is 9.11. The predicted molar refractivity (Wildman–Crippen MR) is 344 cm³/mol. The number of carbonyl (C=O) groups excluding carboxylic acids is 4. The van der Waals surface area contributed by atoms with Crippen molar-refractivity contribution in [2.24, 2.45) is 0 Å². The summed E-state index contributed by atoms with van der Waals surface area (Å²) >= 11 is 0. The molecule has 382 valence electrons. The van der Waals surface area contributed by atoms with Crippen molar-refractivity contribution < 1.29 is 23.9 Å². The summed E-state index contributed by atoms with van der Waals surface area (Å²) in [7, 11) is 0. The zero-order valence-corrected chi connectivity index (χ0v) is 45.1. The van der Waals surface area contributed by atoms with Crippen LogP contribution in [-0.4, -0.2) is 73.5 Å². The molecule has 1 heterocycles. The minimum absolute atomic E-state index is 0.172. The van der Waals surface area contributed by atoms with Gasteiger partial charge in [-0.25, -0.2) is 0 Å². The van der Waals surface area contributed by atoms with Crippen molar-refractivity contribution >= 4 is 315 Å². The van der Waals surface area contributed by atoms with Crippen molar-refractivity contribution in [2.75, 3.05) is 39.3 Å². The standard InChI is InChI=1S/C76H28N4O5/c1-74(2,3)85-15(84)9-79-14(83)8-78-13(82)7-77-12(81)5-4-6-80-10-75-70-62-54-44-34-26-18-16-17-20-24-22(18)30-38-32(24)42-36-28(20)29-21(17)25-23-19(16)27(26)35-41-31(23)39-33(25)43-37(29)47-46(36)56-50(42)60-52(38)58(48(54)40(30)34)66(70)68(60)72-64(56)65-57(47)51(43)61-53(39)59-49(41)55(45(35)44)63(62)71(75)67(59)69(61)73(65)76(72,75)11-80/h4-11H2,1-3H3,(H,77,81)(H,78,82)(H,79,83). The molecule has 3 N–H and O–H groups in total. The first kappa shape index (κ1) is 36.8. The van der Waals surface area contributed by atoms with Gasteiger partial charge in [0.1, 0.15) is 12.1 Å². The highest BCUT2D eigenvalue weighted by Gasteiger charge is 2.72. The van der Waals surface area contributed by atoms with E-state index in [9.17, 15) is 19.2 Å². The lowest BCUT2D eigenvalue weighted by Gasteiger charge is -2.49. The maximum Gasteiger partial charge on any atom is 0.325 e. The van der Waals surface area contributed by atoms with Gasteiger partial charge >= 0.3 is 5.97 Å². The lowest BCUT2D eigenvalue weighted by Crippen LogP contribution is -2.51. The number of esters is 1. The molecule has 0 bridgehead atoms. The molecule has 5 aliphatic rings. The second-order valence-electron chi connectivity index (χ2n) is 30.3. The van der Waals surface area contributed by atoms with Crippen molar-refractivity contribution in [2.45, 2.75) is 50.0 Å². The lowest BCUT2D eigenvalue weighted by molar-refractivity contribution is -0.154. The van der Waals surface area contributed by atoms with E-state index in [0.717, 1.165) is 19.6 Å². The maximum absolute atomic E-state index is 13.9. The van der Waals surface area contributed by atoms with Gasteiger partial charge in [-0.3, -0.25) is 19.2 Å². The molecule has 1 fully saturated rings. The van der Waals surface area contributed by atoms with Crippen molar-refractivity contribution in [3.8, 4) is 0 Å². The predicted octanol–water partition coefficient (Wildman–Crippen LogP) is 15.1. The highest BCUT2D eigenvalue weighted by molar-refractivity contribution is 6.82. The van der Waals surface area contributed by atoms with Crippen LogP contribution in [0.25, 0.3) is 291 Å². The Morgan fingerprint density at radius 1 is 0.318 bits per heavy atom. The van der Waals surface area contributed by atoms with E-state index in [4.69, 9.17) is 4.74 Å². The van der Waals surface area contributed by atoms with Gasteiger partial charge in [-0.05, 0) is 347 Å². The molecule has 3 amide bonds. The molecular formula is C76H28N4O5. The Labute approximate surface area is 468 Å². The summed E-state index contributed by atoms with van der Waals surface area (Å²) < 4.78 is 5.29. The quantitative estimate of drug-likeness (QED) is 0.0928. The highest BCUT2D eigenvalue weighted by atomic mass is 16.6. The average molecular weight is 1080 g/mol. The number of rotatable bonds is 10. The molecule has 85 heavy (non-hydrogen) atoms. The number of carbonyl (C=O) groups is 4. The van der Waals surface area contributed by atoms with E-state index in [1.54, 1.807) is 334 Å². The molecule has 9 nitrogen and oxygen atoms in total. The molecule has 9 heteroatoms. The van der Waals surface area contributed by atoms with Crippen molar-refractivity contribution in [1.29, 1.82) is 0 Å². The molecule has 0 aromatic heterocycles. The van der Waals surface area contributed by atoms with Crippen molar-refractivity contribution in [3.05, 3.63) is 22.3 Å². The fourth-order valence-electron chi connectivity index (χ4n) is 26.6. The van der Waals surface area contributed by atoms with Gasteiger partial charge < -0.3 is 25.6 Å². The second-order valence-corrected chi connectivity index (χ2v) is 30.3. The number of benzene rings is 18. The first-order valence-electron chi connectivity index (χ1n) is 31.1. The van der Waals surface area contributed by atoms with E-state index in [0.29, 0.717) is 6.42 Å². The number of hydrogen-bond donors (Lipinski definition) is 3. The molecule has 2 spiro atoms. The van der Waals surface area contributed by atoms with Crippen LogP contribution in [0.3, 0.4) is 0 Å². The summed E-state index contributed by atoms with van der Waals surface area (Å²) in [4.78, 5) is 54.5. The van der Waals surface area contributed by atoms with Gasteiger partial charge in [0.15, 0.2) is 0 Å². The fourth-order valence-corrected chi connectivity index (χ4v) is 26.6. The Morgan fingerprint density at radius 3 is 0.741 bits per heavy atom. The zero-order chi connectivity index (χ0) is 53.4. The molecular weight excluding hydrogens is 1050 g/mol. The average Bonchev–Trinajstić information content (AvgIpc) is 1.38. The Balaban J connectivity index is 0.724. The highest BCUT2D eigenvalue weighted by Crippen LogP contribution is 2.85. The van der Waals surface area contributed by atoms with Gasteiger partial charge in [-0.1, -0.05) is 0 Å². The number of nitrogens with zero attached hydrogens (tertiary/aromatic N) is 1.